The summed E-state index contributed by atoms with van der Waals surface area (Å²) in [5.74, 6) is -2.93. The molecule has 0 aromatic carbocycles. The Hall–Kier alpha value is -3.42. The number of rotatable bonds is 13. The van der Waals surface area contributed by atoms with Crippen LogP contribution in [0.25, 0.3) is 0 Å². The zero-order valence-electron chi connectivity index (χ0n) is 20.6. The van der Waals surface area contributed by atoms with Crippen LogP contribution < -0.4 is 38.9 Å². The van der Waals surface area contributed by atoms with E-state index in [1.807, 2.05) is 0 Å². The Morgan fingerprint density at radius 3 is 2.26 bits per heavy atom. The molecule has 0 bridgehead atoms. The highest BCUT2D eigenvalue weighted by atomic mass is 16.2. The van der Waals surface area contributed by atoms with Crippen LogP contribution in [0.1, 0.15) is 46.5 Å². The Kier molecular flexibility index (Phi) is 11.9. The van der Waals surface area contributed by atoms with E-state index in [2.05, 4.69) is 20.9 Å². The van der Waals surface area contributed by atoms with Crippen molar-refractivity contribution in [2.45, 2.75) is 70.6 Å². The van der Waals surface area contributed by atoms with Crippen LogP contribution in [0.3, 0.4) is 0 Å². The van der Waals surface area contributed by atoms with Gasteiger partial charge in [0.2, 0.25) is 29.5 Å². The van der Waals surface area contributed by atoms with E-state index in [9.17, 15) is 24.0 Å². The molecule has 1 heterocycles. The molecular formula is C21H39N9O5. The Morgan fingerprint density at radius 1 is 1.03 bits per heavy atom. The molecule has 0 unspecified atom stereocenters. The molecule has 11 N–H and O–H groups in total. The van der Waals surface area contributed by atoms with Gasteiger partial charge in [0.15, 0.2) is 5.96 Å². The fraction of sp³-hybridized carbons (Fsp3) is 0.714. The predicted molar refractivity (Wildman–Crippen MR) is 129 cm³/mol. The van der Waals surface area contributed by atoms with Gasteiger partial charge in [-0.05, 0) is 38.5 Å². The van der Waals surface area contributed by atoms with Gasteiger partial charge in [0.05, 0.1) is 12.6 Å². The van der Waals surface area contributed by atoms with E-state index in [-0.39, 0.29) is 31.4 Å². The van der Waals surface area contributed by atoms with E-state index >= 15 is 0 Å². The van der Waals surface area contributed by atoms with Crippen LogP contribution in [-0.2, 0) is 24.0 Å². The molecule has 0 aliphatic carbocycles. The number of aliphatic imine (C=N–C) groups is 1. The molecule has 1 aliphatic rings. The average molecular weight is 498 g/mol. The van der Waals surface area contributed by atoms with E-state index < -0.39 is 53.7 Å². The first-order chi connectivity index (χ1) is 16.3. The van der Waals surface area contributed by atoms with Crippen LogP contribution in [0.15, 0.2) is 4.99 Å². The molecule has 35 heavy (non-hydrogen) atoms. The van der Waals surface area contributed by atoms with Gasteiger partial charge in [-0.15, -0.1) is 0 Å². The minimum absolute atomic E-state index is 0.0862. The van der Waals surface area contributed by atoms with E-state index in [0.717, 1.165) is 0 Å². The van der Waals surface area contributed by atoms with Gasteiger partial charge >= 0.3 is 0 Å². The minimum Gasteiger partial charge on any atom is -0.370 e. The predicted octanol–water partition coefficient (Wildman–Crippen LogP) is -3.39. The van der Waals surface area contributed by atoms with Crippen LogP contribution in [0, 0.1) is 5.92 Å². The van der Waals surface area contributed by atoms with Crippen LogP contribution in [0.4, 0.5) is 0 Å². The highest BCUT2D eigenvalue weighted by Crippen LogP contribution is 2.17. The quantitative estimate of drug-likeness (QED) is 0.0766. The maximum absolute atomic E-state index is 12.8. The molecule has 1 rings (SSSR count). The van der Waals surface area contributed by atoms with Crippen LogP contribution >= 0.6 is 0 Å². The molecular weight excluding hydrogens is 458 g/mol. The van der Waals surface area contributed by atoms with Crippen molar-refractivity contribution >= 4 is 35.5 Å². The summed E-state index contributed by atoms with van der Waals surface area (Å²) in [6.45, 7) is 5.23. The fourth-order valence-corrected chi connectivity index (χ4v) is 3.45. The van der Waals surface area contributed by atoms with Crippen LogP contribution in [0.2, 0.25) is 0 Å². The van der Waals surface area contributed by atoms with E-state index in [1.54, 1.807) is 13.8 Å². The number of carbonyl (C=O) groups excluding carboxylic acids is 5. The first-order valence-electron chi connectivity index (χ1n) is 11.6. The number of carbonyl (C=O) groups is 5. The summed E-state index contributed by atoms with van der Waals surface area (Å²) in [6, 6.07) is -3.40. The molecule has 198 valence electrons. The van der Waals surface area contributed by atoms with Gasteiger partial charge in [0, 0.05) is 13.1 Å². The number of hydrogen-bond acceptors (Lipinski definition) is 7. The number of likely N-dealkylation sites (tertiary alicyclic amines) is 1. The average Bonchev–Trinajstić information content (AvgIpc) is 3.28. The summed E-state index contributed by atoms with van der Waals surface area (Å²) in [5.41, 5.74) is 21.7. The summed E-state index contributed by atoms with van der Waals surface area (Å²) in [4.78, 5) is 66.8. The van der Waals surface area contributed by atoms with Crippen molar-refractivity contribution < 1.29 is 24.0 Å². The van der Waals surface area contributed by atoms with Crippen LogP contribution in [-0.4, -0.2) is 84.2 Å². The second-order valence-corrected chi connectivity index (χ2v) is 8.88. The zero-order valence-corrected chi connectivity index (χ0v) is 20.6. The Labute approximate surface area is 205 Å². The number of hydrogen-bond donors (Lipinski definition) is 7. The molecule has 14 nitrogen and oxygen atoms in total. The number of nitrogens with one attached hydrogen (secondary N) is 3. The Bertz CT molecular complexity index is 813. The van der Waals surface area contributed by atoms with Crippen molar-refractivity contribution in [3.8, 4) is 0 Å². The lowest BCUT2D eigenvalue weighted by molar-refractivity contribution is -0.139. The maximum atomic E-state index is 12.8. The maximum Gasteiger partial charge on any atom is 0.243 e. The van der Waals surface area contributed by atoms with Gasteiger partial charge in [-0.3, -0.25) is 29.0 Å². The second kappa shape index (κ2) is 14.1. The van der Waals surface area contributed by atoms with Gasteiger partial charge in [-0.1, -0.05) is 13.8 Å². The molecule has 0 radical (unpaired) electrons. The minimum atomic E-state index is -0.955. The van der Waals surface area contributed by atoms with Crippen molar-refractivity contribution in [1.82, 2.24) is 20.9 Å². The number of guanidine groups is 1. The molecule has 1 aliphatic heterocycles. The lowest BCUT2D eigenvalue weighted by Crippen LogP contribution is -2.55. The number of nitrogens with two attached hydrogens (primary N) is 4. The monoisotopic (exact) mass is 497 g/mol. The Balaban J connectivity index is 2.76. The third-order valence-corrected chi connectivity index (χ3v) is 5.67. The van der Waals surface area contributed by atoms with Gasteiger partial charge in [0.25, 0.3) is 0 Å². The smallest absolute Gasteiger partial charge is 0.243 e. The highest BCUT2D eigenvalue weighted by Gasteiger charge is 2.35. The summed E-state index contributed by atoms with van der Waals surface area (Å²) in [6.07, 6.45) is 1.63. The van der Waals surface area contributed by atoms with Crippen molar-refractivity contribution in [3.63, 3.8) is 0 Å². The lowest BCUT2D eigenvalue weighted by Gasteiger charge is -2.26. The SMILES string of the molecule is CC(C)[C@H](N)C(=O)N[C@@H](CCCN=C(N)N)C(=O)NCC(=O)N1CCC[C@H]1C(=O)N[C@@H](C)C(N)=O. The largest absolute Gasteiger partial charge is 0.370 e. The normalized spacial score (nSPS) is 17.7. The third-order valence-electron chi connectivity index (χ3n) is 5.67. The Morgan fingerprint density at radius 2 is 1.69 bits per heavy atom. The summed E-state index contributed by atoms with van der Waals surface area (Å²) in [7, 11) is 0. The van der Waals surface area contributed by atoms with E-state index in [4.69, 9.17) is 22.9 Å². The van der Waals surface area contributed by atoms with Gasteiger partial charge in [-0.25, -0.2) is 0 Å². The fourth-order valence-electron chi connectivity index (χ4n) is 3.45. The third kappa shape index (κ3) is 9.76. The zero-order chi connectivity index (χ0) is 26.7. The topological polar surface area (TPSA) is 241 Å². The molecule has 0 aromatic heterocycles. The van der Waals surface area contributed by atoms with Gasteiger partial charge in [0.1, 0.15) is 18.1 Å². The summed E-state index contributed by atoms with van der Waals surface area (Å²) < 4.78 is 0. The molecule has 14 heteroatoms. The standard InChI is InChI=1S/C21H39N9O5/c1-11(2)16(22)20(35)29-13(6-4-8-26-21(24)25)18(33)27-10-15(31)30-9-5-7-14(30)19(34)28-12(3)17(23)32/h11-14,16H,4-10,22H2,1-3H3,(H2,23,32)(H,27,33)(H,28,34)(H,29,35)(H4,24,25,26)/t12-,13-,14-,16-/m0/s1. The number of primary amides is 1. The molecule has 1 fully saturated rings. The highest BCUT2D eigenvalue weighted by molar-refractivity contribution is 5.94. The molecule has 0 aromatic rings. The summed E-state index contributed by atoms with van der Waals surface area (Å²) >= 11 is 0. The lowest BCUT2D eigenvalue weighted by atomic mass is 10.0. The van der Waals surface area contributed by atoms with Gasteiger partial charge < -0.3 is 43.8 Å². The van der Waals surface area contributed by atoms with E-state index in [1.165, 1.54) is 11.8 Å². The molecule has 4 atom stereocenters. The number of nitrogens with zero attached hydrogens (tertiary/aromatic N) is 2. The van der Waals surface area contributed by atoms with Crippen molar-refractivity contribution in [1.29, 1.82) is 0 Å². The van der Waals surface area contributed by atoms with Crippen molar-refractivity contribution in [2.24, 2.45) is 33.8 Å². The molecule has 1 saturated heterocycles. The van der Waals surface area contributed by atoms with Crippen molar-refractivity contribution in [3.05, 3.63) is 0 Å². The first-order valence-corrected chi connectivity index (χ1v) is 11.6. The van der Waals surface area contributed by atoms with Crippen LogP contribution in [0.5, 0.6) is 0 Å². The molecule has 0 saturated carbocycles. The summed E-state index contributed by atoms with van der Waals surface area (Å²) in [5, 5.41) is 7.63. The molecule has 0 spiro atoms. The number of amides is 5. The molecule has 5 amide bonds. The van der Waals surface area contributed by atoms with E-state index in [0.29, 0.717) is 25.8 Å². The first kappa shape index (κ1) is 29.6. The second-order valence-electron chi connectivity index (χ2n) is 8.88. The van der Waals surface area contributed by atoms with Gasteiger partial charge in [-0.2, -0.15) is 0 Å². The van der Waals surface area contributed by atoms with Crippen molar-refractivity contribution in [2.75, 3.05) is 19.6 Å².